The first-order chi connectivity index (χ1) is 15.2. The van der Waals surface area contributed by atoms with Crippen LogP contribution in [0.15, 0.2) is 47.6 Å². The highest BCUT2D eigenvalue weighted by atomic mass is 16.2. The summed E-state index contributed by atoms with van der Waals surface area (Å²) in [6, 6.07) is 0. The second-order valence-corrected chi connectivity index (χ2v) is 10.3. The van der Waals surface area contributed by atoms with Crippen molar-refractivity contribution in [3.05, 3.63) is 47.6 Å². The molecule has 32 heavy (non-hydrogen) atoms. The van der Waals surface area contributed by atoms with E-state index < -0.39 is 0 Å². The molecule has 2 unspecified atom stereocenters. The molecular weight excluding hydrogens is 388 g/mol. The van der Waals surface area contributed by atoms with Crippen LogP contribution in [0.4, 0.5) is 0 Å². The smallest absolute Gasteiger partial charge is 0.0431 e. The van der Waals surface area contributed by atoms with E-state index in [1.54, 1.807) is 0 Å². The van der Waals surface area contributed by atoms with Crippen molar-refractivity contribution >= 4 is 0 Å². The van der Waals surface area contributed by atoms with E-state index >= 15 is 0 Å². The van der Waals surface area contributed by atoms with Crippen LogP contribution in [-0.4, -0.2) is 11.7 Å². The second kappa shape index (κ2) is 24.6. The second-order valence-electron chi connectivity index (χ2n) is 10.3. The molecule has 0 saturated carbocycles. The molecule has 0 aromatic heterocycles. The number of allylic oxidation sites excluding steroid dienone is 8. The Bertz CT molecular complexity index is 503. The lowest BCUT2D eigenvalue weighted by molar-refractivity contribution is 0.269. The molecule has 0 aliphatic heterocycles. The van der Waals surface area contributed by atoms with Gasteiger partial charge in [-0.1, -0.05) is 114 Å². The zero-order valence-electron chi connectivity index (χ0n) is 23.1. The summed E-state index contributed by atoms with van der Waals surface area (Å²) >= 11 is 0. The van der Waals surface area contributed by atoms with E-state index in [1.165, 1.54) is 56.1 Å². The topological polar surface area (TPSA) is 20.2 Å². The molecule has 0 spiro atoms. The molecule has 2 atom stereocenters. The summed E-state index contributed by atoms with van der Waals surface area (Å²) in [6.07, 6.45) is 27.0. The van der Waals surface area contributed by atoms with Crippen molar-refractivity contribution in [1.29, 1.82) is 0 Å². The quantitative estimate of drug-likeness (QED) is 0.134. The number of hydrogen-bond acceptors (Lipinski definition) is 1. The molecule has 0 bridgehead atoms. The fraction of sp³-hybridized carbons (Fsp3) is 0.742. The van der Waals surface area contributed by atoms with Gasteiger partial charge in [-0.15, -0.1) is 0 Å². The third-order valence-corrected chi connectivity index (χ3v) is 6.06. The molecule has 0 fully saturated rings. The van der Waals surface area contributed by atoms with Gasteiger partial charge >= 0.3 is 0 Å². The lowest BCUT2D eigenvalue weighted by atomic mass is 9.92. The Kier molecular flexibility index (Phi) is 25.4. The van der Waals surface area contributed by atoms with Crippen LogP contribution in [0, 0.1) is 17.8 Å². The minimum Gasteiger partial charge on any atom is -0.396 e. The standard InChI is InChI=1S/C16H34O.C15H24/c1-14(2)8-5-9-15(3)10-6-11-16(4)12-7-13-17;1-5-6-7-8-9-10-11-12-13-15(4)14(2)3/h14-17H,5-13H2,1-4H3;5-6,9-10,12-13H,7-8,11H2,1-4H3. The Balaban J connectivity index is 0. The van der Waals surface area contributed by atoms with Gasteiger partial charge in [0.1, 0.15) is 0 Å². The highest BCUT2D eigenvalue weighted by Gasteiger charge is 2.06. The van der Waals surface area contributed by atoms with E-state index in [2.05, 4.69) is 91.8 Å². The van der Waals surface area contributed by atoms with E-state index in [0.29, 0.717) is 6.61 Å². The van der Waals surface area contributed by atoms with Gasteiger partial charge in [0.2, 0.25) is 0 Å². The van der Waals surface area contributed by atoms with Crippen LogP contribution in [0.1, 0.15) is 126 Å². The molecule has 0 aromatic carbocycles. The summed E-state index contributed by atoms with van der Waals surface area (Å²) in [7, 11) is 0. The lowest BCUT2D eigenvalue weighted by Crippen LogP contribution is -2.00. The molecule has 0 saturated heterocycles. The molecule has 0 aromatic rings. The number of aliphatic hydroxyl groups excluding tert-OH is 1. The third-order valence-electron chi connectivity index (χ3n) is 6.06. The maximum Gasteiger partial charge on any atom is 0.0431 e. The van der Waals surface area contributed by atoms with Crippen LogP contribution in [0.3, 0.4) is 0 Å². The zero-order chi connectivity index (χ0) is 24.6. The van der Waals surface area contributed by atoms with Crippen molar-refractivity contribution in [3.63, 3.8) is 0 Å². The number of hydrogen-bond donors (Lipinski definition) is 1. The normalized spacial score (nSPS) is 13.7. The summed E-state index contributed by atoms with van der Waals surface area (Å²) in [5.41, 5.74) is 2.76. The molecule has 0 aliphatic carbocycles. The largest absolute Gasteiger partial charge is 0.396 e. The van der Waals surface area contributed by atoms with Crippen molar-refractivity contribution in [2.75, 3.05) is 6.61 Å². The Morgan fingerprint density at radius 1 is 0.688 bits per heavy atom. The SMILES string of the molecule is CC(C)CCCC(C)CCCC(C)CCCO.CC=CCCC=CCC=CC(C)=C(C)C. The van der Waals surface area contributed by atoms with E-state index in [-0.39, 0.29) is 0 Å². The fourth-order valence-corrected chi connectivity index (χ4v) is 3.48. The number of unbranched alkanes of at least 4 members (excludes halogenated alkanes) is 1. The molecule has 0 aliphatic rings. The van der Waals surface area contributed by atoms with Crippen LogP contribution in [0.2, 0.25) is 0 Å². The minimum absolute atomic E-state index is 0.357. The Hall–Kier alpha value is -1.08. The minimum atomic E-state index is 0.357. The van der Waals surface area contributed by atoms with Crippen LogP contribution in [0.5, 0.6) is 0 Å². The first-order valence-corrected chi connectivity index (χ1v) is 13.4. The summed E-state index contributed by atoms with van der Waals surface area (Å²) < 4.78 is 0. The predicted molar refractivity (Wildman–Crippen MR) is 148 cm³/mol. The monoisotopic (exact) mass is 446 g/mol. The van der Waals surface area contributed by atoms with Gasteiger partial charge in [-0.25, -0.2) is 0 Å². The van der Waals surface area contributed by atoms with E-state index in [4.69, 9.17) is 5.11 Å². The van der Waals surface area contributed by atoms with Crippen LogP contribution >= 0.6 is 0 Å². The molecule has 0 rings (SSSR count). The van der Waals surface area contributed by atoms with Gasteiger partial charge in [0.25, 0.3) is 0 Å². The molecule has 188 valence electrons. The first kappa shape index (κ1) is 33.1. The Morgan fingerprint density at radius 2 is 1.22 bits per heavy atom. The summed E-state index contributed by atoms with van der Waals surface area (Å²) in [5.74, 6) is 2.56. The van der Waals surface area contributed by atoms with Crippen molar-refractivity contribution in [2.24, 2.45) is 17.8 Å². The van der Waals surface area contributed by atoms with Crippen molar-refractivity contribution in [2.45, 2.75) is 126 Å². The van der Waals surface area contributed by atoms with E-state index in [0.717, 1.165) is 43.4 Å². The summed E-state index contributed by atoms with van der Waals surface area (Å²) in [5, 5.41) is 8.77. The van der Waals surface area contributed by atoms with Gasteiger partial charge in [-0.2, -0.15) is 0 Å². The van der Waals surface area contributed by atoms with E-state index in [9.17, 15) is 0 Å². The highest BCUT2D eigenvalue weighted by molar-refractivity contribution is 5.21. The average molecular weight is 447 g/mol. The van der Waals surface area contributed by atoms with Crippen LogP contribution in [-0.2, 0) is 0 Å². The van der Waals surface area contributed by atoms with Gasteiger partial charge in [-0.05, 0) is 77.6 Å². The first-order valence-electron chi connectivity index (χ1n) is 13.4. The van der Waals surface area contributed by atoms with Crippen LogP contribution < -0.4 is 0 Å². The van der Waals surface area contributed by atoms with Crippen LogP contribution in [0.25, 0.3) is 0 Å². The molecule has 1 nitrogen and oxygen atoms in total. The van der Waals surface area contributed by atoms with Gasteiger partial charge in [-0.3, -0.25) is 0 Å². The zero-order valence-corrected chi connectivity index (χ0v) is 23.1. The van der Waals surface area contributed by atoms with E-state index in [1.807, 2.05) is 0 Å². The predicted octanol–water partition coefficient (Wildman–Crippen LogP) is 10.2. The average Bonchev–Trinajstić information content (AvgIpc) is 2.74. The fourth-order valence-electron chi connectivity index (χ4n) is 3.48. The Morgan fingerprint density at radius 3 is 1.72 bits per heavy atom. The lowest BCUT2D eigenvalue weighted by Gasteiger charge is -2.14. The van der Waals surface area contributed by atoms with Crippen molar-refractivity contribution < 1.29 is 5.11 Å². The van der Waals surface area contributed by atoms with Gasteiger partial charge in [0.05, 0.1) is 0 Å². The van der Waals surface area contributed by atoms with Crippen molar-refractivity contribution in [1.82, 2.24) is 0 Å². The maximum atomic E-state index is 8.77. The van der Waals surface area contributed by atoms with Gasteiger partial charge < -0.3 is 5.11 Å². The molecule has 1 N–H and O–H groups in total. The summed E-state index contributed by atoms with van der Waals surface area (Å²) in [6.45, 7) is 18.2. The highest BCUT2D eigenvalue weighted by Crippen LogP contribution is 2.20. The Labute approximate surface area is 203 Å². The maximum absolute atomic E-state index is 8.77. The molecule has 0 radical (unpaired) electrons. The molecule has 0 heterocycles. The number of rotatable bonds is 17. The summed E-state index contributed by atoms with van der Waals surface area (Å²) in [4.78, 5) is 0. The number of aliphatic hydroxyl groups is 1. The molecular formula is C31H58O. The van der Waals surface area contributed by atoms with Crippen molar-refractivity contribution in [3.8, 4) is 0 Å². The van der Waals surface area contributed by atoms with Gasteiger partial charge in [0, 0.05) is 6.61 Å². The molecule has 0 amide bonds. The molecule has 1 heteroatoms. The third kappa shape index (κ3) is 27.0. The van der Waals surface area contributed by atoms with Gasteiger partial charge in [0.15, 0.2) is 0 Å².